The molecule has 1 aliphatic rings. The van der Waals surface area contributed by atoms with Gasteiger partial charge in [-0.1, -0.05) is 0 Å². The highest BCUT2D eigenvalue weighted by atomic mass is 35.5. The van der Waals surface area contributed by atoms with Gasteiger partial charge in [-0.2, -0.15) is 9.68 Å². The molecule has 2 amide bonds. The average Bonchev–Trinajstić information content (AvgIpc) is 2.22. The molecular formula is C6H7ClN2O2. The summed E-state index contributed by atoms with van der Waals surface area (Å²) in [5.74, 6) is -0.590. The Balaban J connectivity index is 0.000000292. The number of nitrogens with zero attached hydrogens (tertiary/aromatic N) is 2. The fourth-order valence-electron chi connectivity index (χ4n) is 0.549. The maximum atomic E-state index is 10.4. The van der Waals surface area contributed by atoms with Gasteiger partial charge in [-0.05, 0) is 0 Å². The van der Waals surface area contributed by atoms with E-state index in [1.165, 1.54) is 6.92 Å². The lowest BCUT2D eigenvalue weighted by Gasteiger charge is -1.96. The van der Waals surface area contributed by atoms with E-state index in [4.69, 9.17) is 17.0 Å². The van der Waals surface area contributed by atoms with Crippen molar-refractivity contribution in [3.05, 3.63) is 0 Å². The van der Waals surface area contributed by atoms with Gasteiger partial charge in [0.2, 0.25) is 11.8 Å². The van der Waals surface area contributed by atoms with Gasteiger partial charge in [-0.3, -0.25) is 9.59 Å². The molecule has 0 aromatic rings. The number of amides is 2. The molecule has 11 heavy (non-hydrogen) atoms. The van der Waals surface area contributed by atoms with Gasteiger partial charge in [0.1, 0.15) is 0 Å². The molecule has 1 fully saturated rings. The predicted octanol–water partition coefficient (Wildman–Crippen LogP) is 0.819. The summed E-state index contributed by atoms with van der Waals surface area (Å²) in [4.78, 5) is 20.7. The SMILES string of the molecule is CC#N.O=C1CCC(=O)N1Cl. The lowest BCUT2D eigenvalue weighted by atomic mass is 10.4. The van der Waals surface area contributed by atoms with Crippen LogP contribution in [0.15, 0.2) is 0 Å². The Morgan fingerprint density at radius 1 is 1.45 bits per heavy atom. The van der Waals surface area contributed by atoms with Crippen molar-refractivity contribution in [2.45, 2.75) is 19.8 Å². The quantitative estimate of drug-likeness (QED) is 0.404. The Bertz CT molecular complexity index is 193. The smallest absolute Gasteiger partial charge is 0.244 e. The molecule has 60 valence electrons. The van der Waals surface area contributed by atoms with Gasteiger partial charge < -0.3 is 0 Å². The van der Waals surface area contributed by atoms with Crippen LogP contribution in [0, 0.1) is 11.3 Å². The maximum absolute atomic E-state index is 10.4. The molecule has 0 spiro atoms. The lowest BCUT2D eigenvalue weighted by molar-refractivity contribution is -0.132. The minimum Gasteiger partial charge on any atom is -0.273 e. The highest BCUT2D eigenvalue weighted by Gasteiger charge is 2.26. The minimum atomic E-state index is -0.295. The number of carbonyl (C=O) groups excluding carboxylic acids is 2. The number of imide groups is 1. The summed E-state index contributed by atoms with van der Waals surface area (Å²) in [5.41, 5.74) is 0. The van der Waals surface area contributed by atoms with Crippen molar-refractivity contribution < 1.29 is 9.59 Å². The molecule has 0 bridgehead atoms. The van der Waals surface area contributed by atoms with Crippen LogP contribution in [-0.4, -0.2) is 16.2 Å². The van der Waals surface area contributed by atoms with Crippen LogP contribution >= 0.6 is 11.8 Å². The molecule has 0 saturated carbocycles. The van der Waals surface area contributed by atoms with Crippen LogP contribution in [0.3, 0.4) is 0 Å². The average molecular weight is 175 g/mol. The van der Waals surface area contributed by atoms with E-state index >= 15 is 0 Å². The van der Waals surface area contributed by atoms with E-state index in [0.29, 0.717) is 4.42 Å². The molecule has 0 aromatic carbocycles. The summed E-state index contributed by atoms with van der Waals surface area (Å²) >= 11 is 5.15. The van der Waals surface area contributed by atoms with E-state index in [-0.39, 0.29) is 24.7 Å². The van der Waals surface area contributed by atoms with Crippen LogP contribution in [0.1, 0.15) is 19.8 Å². The van der Waals surface area contributed by atoms with Crippen LogP contribution in [0.2, 0.25) is 0 Å². The summed E-state index contributed by atoms with van der Waals surface area (Å²) in [5, 5.41) is 7.32. The van der Waals surface area contributed by atoms with Crippen molar-refractivity contribution in [3.63, 3.8) is 0 Å². The summed E-state index contributed by atoms with van der Waals surface area (Å²) in [7, 11) is 0. The van der Waals surface area contributed by atoms with Crippen molar-refractivity contribution in [2.75, 3.05) is 0 Å². The number of nitriles is 1. The second kappa shape index (κ2) is 4.69. The summed E-state index contributed by atoms with van der Waals surface area (Å²) in [6.45, 7) is 1.43. The predicted molar refractivity (Wildman–Crippen MR) is 38.2 cm³/mol. The Kier molecular flexibility index (Phi) is 4.23. The molecule has 1 saturated heterocycles. The van der Waals surface area contributed by atoms with Crippen LogP contribution in [0.4, 0.5) is 0 Å². The minimum absolute atomic E-state index is 0.266. The second-order valence-electron chi connectivity index (χ2n) is 1.79. The van der Waals surface area contributed by atoms with Gasteiger partial charge in [-0.15, -0.1) is 0 Å². The number of rotatable bonds is 0. The first-order valence-corrected chi connectivity index (χ1v) is 3.29. The monoisotopic (exact) mass is 174 g/mol. The van der Waals surface area contributed by atoms with Crippen molar-refractivity contribution in [2.24, 2.45) is 0 Å². The van der Waals surface area contributed by atoms with Crippen molar-refractivity contribution in [1.82, 2.24) is 4.42 Å². The summed E-state index contributed by atoms with van der Waals surface area (Å²) in [6, 6.07) is 1.75. The van der Waals surface area contributed by atoms with E-state index in [9.17, 15) is 9.59 Å². The standard InChI is InChI=1S/C4H4ClNO2.C2H3N/c5-6-3(7)1-2-4(6)8;1-2-3/h1-2H2;1H3. The molecule has 4 nitrogen and oxygen atoms in total. The number of halogens is 1. The maximum Gasteiger partial charge on any atom is 0.244 e. The fraction of sp³-hybridized carbons (Fsp3) is 0.500. The van der Waals surface area contributed by atoms with Gasteiger partial charge in [0.05, 0.1) is 6.07 Å². The van der Waals surface area contributed by atoms with Gasteiger partial charge in [0, 0.05) is 31.5 Å². The third-order valence-electron chi connectivity index (χ3n) is 0.991. The van der Waals surface area contributed by atoms with Crippen LogP contribution < -0.4 is 0 Å². The summed E-state index contributed by atoms with van der Waals surface area (Å²) in [6.07, 6.45) is 0.532. The topological polar surface area (TPSA) is 61.2 Å². The Morgan fingerprint density at radius 2 is 1.73 bits per heavy atom. The van der Waals surface area contributed by atoms with Gasteiger partial charge in [-0.25, -0.2) is 0 Å². The highest BCUT2D eigenvalue weighted by molar-refractivity contribution is 6.32. The Labute approximate surface area is 69.5 Å². The zero-order valence-corrected chi connectivity index (χ0v) is 6.76. The van der Waals surface area contributed by atoms with Crippen LogP contribution in [0.25, 0.3) is 0 Å². The van der Waals surface area contributed by atoms with Crippen molar-refractivity contribution >= 4 is 23.6 Å². The first-order chi connectivity index (χ1) is 5.13. The number of carbonyl (C=O) groups is 2. The van der Waals surface area contributed by atoms with E-state index in [1.807, 2.05) is 0 Å². The zero-order valence-electron chi connectivity index (χ0n) is 6.00. The first kappa shape index (κ1) is 9.92. The first-order valence-electron chi connectivity index (χ1n) is 2.96. The van der Waals surface area contributed by atoms with Crippen LogP contribution in [-0.2, 0) is 9.59 Å². The third kappa shape index (κ3) is 3.01. The molecule has 1 aliphatic heterocycles. The Morgan fingerprint density at radius 3 is 1.82 bits per heavy atom. The lowest BCUT2D eigenvalue weighted by Crippen LogP contribution is -2.16. The highest BCUT2D eigenvalue weighted by Crippen LogP contribution is 2.12. The van der Waals surface area contributed by atoms with Gasteiger partial charge in [0.15, 0.2) is 0 Å². The van der Waals surface area contributed by atoms with Gasteiger partial charge in [0.25, 0.3) is 0 Å². The Hall–Kier alpha value is -1.08. The molecule has 0 radical (unpaired) electrons. The largest absolute Gasteiger partial charge is 0.273 e. The molecule has 1 rings (SSSR count). The molecule has 0 aromatic heterocycles. The van der Waals surface area contributed by atoms with Crippen molar-refractivity contribution in [3.8, 4) is 6.07 Å². The van der Waals surface area contributed by atoms with E-state index in [2.05, 4.69) is 0 Å². The number of hydrogen-bond donors (Lipinski definition) is 0. The van der Waals surface area contributed by atoms with E-state index < -0.39 is 0 Å². The second-order valence-corrected chi connectivity index (χ2v) is 2.13. The molecule has 0 N–H and O–H groups in total. The number of hydrogen-bond acceptors (Lipinski definition) is 3. The summed E-state index contributed by atoms with van der Waals surface area (Å²) < 4.78 is 0.639. The van der Waals surface area contributed by atoms with E-state index in [1.54, 1.807) is 6.07 Å². The molecule has 0 unspecified atom stereocenters. The normalized spacial score (nSPS) is 15.5. The van der Waals surface area contributed by atoms with E-state index in [0.717, 1.165) is 0 Å². The molecule has 5 heteroatoms. The van der Waals surface area contributed by atoms with Crippen molar-refractivity contribution in [1.29, 1.82) is 5.26 Å². The molecular weight excluding hydrogens is 168 g/mol. The molecule has 0 atom stereocenters. The fourth-order valence-corrected chi connectivity index (χ4v) is 0.718. The molecule has 1 heterocycles. The zero-order chi connectivity index (χ0) is 8.85. The molecule has 0 aliphatic carbocycles. The van der Waals surface area contributed by atoms with Gasteiger partial charge >= 0.3 is 0 Å². The third-order valence-corrected chi connectivity index (χ3v) is 1.37. The van der Waals surface area contributed by atoms with Crippen LogP contribution in [0.5, 0.6) is 0 Å².